The van der Waals surface area contributed by atoms with Gasteiger partial charge in [-0.05, 0) is 19.1 Å². The number of nitrogens with zero attached hydrogens (tertiary/aromatic N) is 1. The van der Waals surface area contributed by atoms with Gasteiger partial charge in [0.2, 0.25) is 0 Å². The van der Waals surface area contributed by atoms with Gasteiger partial charge in [-0.1, -0.05) is 11.6 Å². The molecule has 0 radical (unpaired) electrons. The second kappa shape index (κ2) is 4.67. The van der Waals surface area contributed by atoms with Crippen LogP contribution in [-0.2, 0) is 6.54 Å². The Bertz CT molecular complexity index is 506. The Morgan fingerprint density at radius 3 is 3.00 bits per heavy atom. The van der Waals surface area contributed by atoms with Gasteiger partial charge >= 0.3 is 0 Å². The third-order valence-electron chi connectivity index (χ3n) is 2.15. The van der Waals surface area contributed by atoms with Crippen molar-refractivity contribution in [2.75, 3.05) is 0 Å². The first kappa shape index (κ1) is 11.2. The number of imidazole rings is 1. The molecule has 2 rings (SSSR count). The van der Waals surface area contributed by atoms with E-state index in [2.05, 4.69) is 15.3 Å². The zero-order valence-corrected chi connectivity index (χ0v) is 10.2. The number of hydrogen-bond donors (Lipinski definition) is 2. The molecule has 0 aliphatic rings. The predicted octanol–water partition coefficient (Wildman–Crippen LogP) is 2.36. The Labute approximate surface area is 102 Å². The molecule has 2 aromatic rings. The van der Waals surface area contributed by atoms with Crippen LogP contribution in [0.3, 0.4) is 0 Å². The van der Waals surface area contributed by atoms with E-state index in [1.54, 1.807) is 18.5 Å². The number of thiophene rings is 1. The number of carbonyl (C=O) groups is 1. The molecule has 0 atom stereocenters. The molecular formula is C10H10ClN3OS. The highest BCUT2D eigenvalue weighted by Crippen LogP contribution is 2.21. The van der Waals surface area contributed by atoms with Crippen molar-refractivity contribution in [2.24, 2.45) is 0 Å². The van der Waals surface area contributed by atoms with Gasteiger partial charge in [0.25, 0.3) is 5.91 Å². The van der Waals surface area contributed by atoms with Crippen molar-refractivity contribution in [1.29, 1.82) is 0 Å². The molecule has 0 fully saturated rings. The normalized spacial score (nSPS) is 10.4. The van der Waals surface area contributed by atoms with E-state index in [1.165, 1.54) is 11.3 Å². The van der Waals surface area contributed by atoms with Crippen molar-refractivity contribution < 1.29 is 4.79 Å². The van der Waals surface area contributed by atoms with E-state index < -0.39 is 0 Å². The Morgan fingerprint density at radius 1 is 1.62 bits per heavy atom. The number of aromatic amines is 1. The van der Waals surface area contributed by atoms with Crippen molar-refractivity contribution in [3.8, 4) is 0 Å². The summed E-state index contributed by atoms with van der Waals surface area (Å²) in [6.07, 6.45) is 1.61. The average molecular weight is 256 g/mol. The molecule has 0 saturated carbocycles. The van der Waals surface area contributed by atoms with Gasteiger partial charge in [0.1, 0.15) is 0 Å². The van der Waals surface area contributed by atoms with E-state index in [1.807, 2.05) is 6.92 Å². The molecule has 0 aromatic carbocycles. The number of aromatic nitrogens is 2. The number of hydrogen-bond acceptors (Lipinski definition) is 3. The molecule has 6 heteroatoms. The summed E-state index contributed by atoms with van der Waals surface area (Å²) in [4.78, 5) is 19.3. The fourth-order valence-electron chi connectivity index (χ4n) is 1.25. The minimum Gasteiger partial charge on any atom is -0.348 e. The number of rotatable bonds is 3. The van der Waals surface area contributed by atoms with Gasteiger partial charge in [-0.2, -0.15) is 0 Å². The van der Waals surface area contributed by atoms with Gasteiger partial charge in [-0.3, -0.25) is 4.79 Å². The van der Waals surface area contributed by atoms with E-state index in [9.17, 15) is 4.79 Å². The third kappa shape index (κ3) is 2.43. The van der Waals surface area contributed by atoms with Crippen LogP contribution in [0.2, 0.25) is 4.34 Å². The molecule has 2 heterocycles. The summed E-state index contributed by atoms with van der Waals surface area (Å²) in [5, 5.41) is 2.79. The van der Waals surface area contributed by atoms with Gasteiger partial charge < -0.3 is 10.3 Å². The third-order valence-corrected chi connectivity index (χ3v) is 3.38. The van der Waals surface area contributed by atoms with Crippen LogP contribution in [0.5, 0.6) is 0 Å². The summed E-state index contributed by atoms with van der Waals surface area (Å²) >= 11 is 7.01. The predicted molar refractivity (Wildman–Crippen MR) is 63.8 cm³/mol. The van der Waals surface area contributed by atoms with E-state index in [0.29, 0.717) is 15.8 Å². The highest BCUT2D eigenvalue weighted by atomic mass is 35.5. The zero-order valence-electron chi connectivity index (χ0n) is 8.58. The van der Waals surface area contributed by atoms with Crippen molar-refractivity contribution >= 4 is 28.8 Å². The quantitative estimate of drug-likeness (QED) is 0.885. The molecule has 0 aliphatic heterocycles. The summed E-state index contributed by atoms with van der Waals surface area (Å²) in [6, 6.07) is 3.42. The molecule has 0 spiro atoms. The second-order valence-electron chi connectivity index (χ2n) is 3.26. The standard InChI is InChI=1S/C10H10ClN3OS/c1-6-7(14-5-13-6)4-12-10(15)8-2-3-9(11)16-8/h2-3,5H,4H2,1H3,(H,12,15)(H,13,14). The van der Waals surface area contributed by atoms with Crippen LogP contribution >= 0.6 is 22.9 Å². The number of carbonyl (C=O) groups excluding carboxylic acids is 1. The topological polar surface area (TPSA) is 57.8 Å². The zero-order chi connectivity index (χ0) is 11.5. The first-order valence-electron chi connectivity index (χ1n) is 4.69. The minimum atomic E-state index is -0.126. The smallest absolute Gasteiger partial charge is 0.261 e. The lowest BCUT2D eigenvalue weighted by atomic mass is 10.3. The van der Waals surface area contributed by atoms with Crippen LogP contribution in [0.4, 0.5) is 0 Å². The maximum Gasteiger partial charge on any atom is 0.261 e. The second-order valence-corrected chi connectivity index (χ2v) is 4.98. The van der Waals surface area contributed by atoms with E-state index in [-0.39, 0.29) is 5.91 Å². The summed E-state index contributed by atoms with van der Waals surface area (Å²) in [5.41, 5.74) is 1.81. The summed E-state index contributed by atoms with van der Waals surface area (Å²) in [7, 11) is 0. The average Bonchev–Trinajstić information content (AvgIpc) is 2.84. The molecule has 0 bridgehead atoms. The molecule has 0 saturated heterocycles. The maximum absolute atomic E-state index is 11.7. The molecule has 2 aromatic heterocycles. The maximum atomic E-state index is 11.7. The van der Waals surface area contributed by atoms with E-state index >= 15 is 0 Å². The fraction of sp³-hybridized carbons (Fsp3) is 0.200. The molecule has 0 unspecified atom stereocenters. The fourth-order valence-corrected chi connectivity index (χ4v) is 2.21. The first-order valence-corrected chi connectivity index (χ1v) is 5.88. The number of aryl methyl sites for hydroxylation is 1. The largest absolute Gasteiger partial charge is 0.348 e. The lowest BCUT2D eigenvalue weighted by Crippen LogP contribution is -2.22. The van der Waals surface area contributed by atoms with Crippen LogP contribution in [0.25, 0.3) is 0 Å². The monoisotopic (exact) mass is 255 g/mol. The van der Waals surface area contributed by atoms with E-state index in [0.717, 1.165) is 11.4 Å². The number of nitrogens with one attached hydrogen (secondary N) is 2. The number of halogens is 1. The molecule has 84 valence electrons. The lowest BCUT2D eigenvalue weighted by molar-refractivity contribution is 0.0954. The van der Waals surface area contributed by atoms with Crippen molar-refractivity contribution in [2.45, 2.75) is 13.5 Å². The van der Waals surface area contributed by atoms with Gasteiger partial charge in [0.15, 0.2) is 0 Å². The summed E-state index contributed by atoms with van der Waals surface area (Å²) in [5.74, 6) is -0.126. The number of amides is 1. The molecule has 4 nitrogen and oxygen atoms in total. The Balaban J connectivity index is 1.96. The van der Waals surface area contributed by atoms with Crippen LogP contribution in [0.1, 0.15) is 21.1 Å². The highest BCUT2D eigenvalue weighted by Gasteiger charge is 2.09. The van der Waals surface area contributed by atoms with Gasteiger partial charge in [0, 0.05) is 5.69 Å². The Hall–Kier alpha value is -1.33. The van der Waals surface area contributed by atoms with Crippen LogP contribution < -0.4 is 5.32 Å². The van der Waals surface area contributed by atoms with Gasteiger partial charge in [0.05, 0.1) is 27.8 Å². The summed E-state index contributed by atoms with van der Waals surface area (Å²) < 4.78 is 0.612. The van der Waals surface area contributed by atoms with Crippen LogP contribution in [-0.4, -0.2) is 15.9 Å². The van der Waals surface area contributed by atoms with Crippen molar-refractivity contribution in [3.63, 3.8) is 0 Å². The van der Waals surface area contributed by atoms with Gasteiger partial charge in [-0.15, -0.1) is 11.3 Å². The summed E-state index contributed by atoms with van der Waals surface area (Å²) in [6.45, 7) is 2.33. The van der Waals surface area contributed by atoms with E-state index in [4.69, 9.17) is 11.6 Å². The van der Waals surface area contributed by atoms with Crippen molar-refractivity contribution in [1.82, 2.24) is 15.3 Å². The molecule has 1 amide bonds. The minimum absolute atomic E-state index is 0.126. The first-order chi connectivity index (χ1) is 7.66. The molecular weight excluding hydrogens is 246 g/mol. The van der Waals surface area contributed by atoms with Crippen molar-refractivity contribution in [3.05, 3.63) is 39.1 Å². The Morgan fingerprint density at radius 2 is 2.44 bits per heavy atom. The van der Waals surface area contributed by atoms with Gasteiger partial charge in [-0.25, -0.2) is 4.98 Å². The molecule has 2 N–H and O–H groups in total. The Kier molecular flexibility index (Phi) is 3.26. The molecule has 16 heavy (non-hydrogen) atoms. The number of H-pyrrole nitrogens is 1. The SMILES string of the molecule is Cc1[nH]cnc1CNC(=O)c1ccc(Cl)s1. The van der Waals surface area contributed by atoms with Crippen LogP contribution in [0.15, 0.2) is 18.5 Å². The lowest BCUT2D eigenvalue weighted by Gasteiger charge is -2.01. The molecule has 0 aliphatic carbocycles. The highest BCUT2D eigenvalue weighted by molar-refractivity contribution is 7.17. The van der Waals surface area contributed by atoms with Crippen LogP contribution in [0, 0.1) is 6.92 Å².